The number of carboxylic acids is 1. The van der Waals surface area contributed by atoms with Crippen molar-refractivity contribution in [2.75, 3.05) is 7.11 Å². The molecule has 2 aromatic carbocycles. The van der Waals surface area contributed by atoms with Crippen molar-refractivity contribution in [2.45, 2.75) is 6.10 Å². The smallest absolute Gasteiger partial charge is 0.336 e. The monoisotopic (exact) mass is 258 g/mol. The van der Waals surface area contributed by atoms with Gasteiger partial charge in [0.25, 0.3) is 0 Å². The van der Waals surface area contributed by atoms with Crippen molar-refractivity contribution in [3.05, 3.63) is 65.2 Å². The Hall–Kier alpha value is -2.33. The summed E-state index contributed by atoms with van der Waals surface area (Å²) < 4.78 is 5.04. The fourth-order valence-electron chi connectivity index (χ4n) is 1.90. The first-order chi connectivity index (χ1) is 9.13. The molecule has 2 N–H and O–H groups in total. The van der Waals surface area contributed by atoms with Crippen molar-refractivity contribution in [1.29, 1.82) is 0 Å². The minimum Gasteiger partial charge on any atom is -0.497 e. The second-order valence-electron chi connectivity index (χ2n) is 4.07. The third-order valence-electron chi connectivity index (χ3n) is 2.92. The average Bonchev–Trinajstić information content (AvgIpc) is 2.46. The Labute approximate surface area is 110 Å². The van der Waals surface area contributed by atoms with E-state index in [0.717, 1.165) is 0 Å². The van der Waals surface area contributed by atoms with Crippen LogP contribution in [0, 0.1) is 0 Å². The molecule has 2 aromatic rings. The Bertz CT molecular complexity index is 575. The molecule has 0 saturated heterocycles. The quantitative estimate of drug-likeness (QED) is 0.884. The normalized spacial score (nSPS) is 11.9. The molecular weight excluding hydrogens is 244 g/mol. The van der Waals surface area contributed by atoms with Gasteiger partial charge in [0, 0.05) is 0 Å². The predicted octanol–water partition coefficient (Wildman–Crippen LogP) is 2.48. The van der Waals surface area contributed by atoms with Crippen molar-refractivity contribution < 1.29 is 19.7 Å². The van der Waals surface area contributed by atoms with Crippen LogP contribution in [0.3, 0.4) is 0 Å². The van der Waals surface area contributed by atoms with E-state index in [0.29, 0.717) is 16.9 Å². The standard InChI is InChI=1S/C15H14O4/c1-19-11-8-6-10(7-9-11)14(16)12-4-2-3-5-13(12)15(17)18/h2-9,14,16H,1H3,(H,17,18). The maximum absolute atomic E-state index is 11.1. The zero-order chi connectivity index (χ0) is 13.8. The summed E-state index contributed by atoms with van der Waals surface area (Å²) in [6.45, 7) is 0. The number of rotatable bonds is 4. The van der Waals surface area contributed by atoms with Gasteiger partial charge in [-0.15, -0.1) is 0 Å². The molecule has 0 radical (unpaired) electrons. The molecule has 4 heteroatoms. The van der Waals surface area contributed by atoms with Crippen molar-refractivity contribution in [1.82, 2.24) is 0 Å². The summed E-state index contributed by atoms with van der Waals surface area (Å²) in [6, 6.07) is 13.3. The lowest BCUT2D eigenvalue weighted by atomic mass is 9.97. The fraction of sp³-hybridized carbons (Fsp3) is 0.133. The first-order valence-electron chi connectivity index (χ1n) is 5.77. The van der Waals surface area contributed by atoms with Crippen molar-refractivity contribution in [3.8, 4) is 5.75 Å². The lowest BCUT2D eigenvalue weighted by Gasteiger charge is -2.14. The van der Waals surface area contributed by atoms with E-state index in [2.05, 4.69) is 0 Å². The van der Waals surface area contributed by atoms with Gasteiger partial charge in [-0.1, -0.05) is 30.3 Å². The maximum Gasteiger partial charge on any atom is 0.336 e. The molecule has 0 amide bonds. The molecule has 1 atom stereocenters. The van der Waals surface area contributed by atoms with E-state index in [1.165, 1.54) is 6.07 Å². The molecule has 98 valence electrons. The number of hydrogen-bond donors (Lipinski definition) is 2. The molecule has 2 rings (SSSR count). The van der Waals surface area contributed by atoms with Gasteiger partial charge < -0.3 is 14.9 Å². The van der Waals surface area contributed by atoms with Crippen molar-refractivity contribution >= 4 is 5.97 Å². The molecule has 0 fully saturated rings. The van der Waals surface area contributed by atoms with Crippen molar-refractivity contribution in [2.24, 2.45) is 0 Å². The number of hydrogen-bond acceptors (Lipinski definition) is 3. The van der Waals surface area contributed by atoms with Crippen LogP contribution in [-0.2, 0) is 0 Å². The minimum absolute atomic E-state index is 0.103. The summed E-state index contributed by atoms with van der Waals surface area (Å²) in [5, 5.41) is 19.4. The van der Waals surface area contributed by atoms with E-state index < -0.39 is 12.1 Å². The Kier molecular flexibility index (Phi) is 3.82. The highest BCUT2D eigenvalue weighted by Crippen LogP contribution is 2.26. The Balaban J connectivity index is 2.37. The summed E-state index contributed by atoms with van der Waals surface area (Å²) in [5.74, 6) is -0.370. The Morgan fingerprint density at radius 3 is 2.32 bits per heavy atom. The van der Waals surface area contributed by atoms with Gasteiger partial charge in [0.05, 0.1) is 12.7 Å². The largest absolute Gasteiger partial charge is 0.497 e. The lowest BCUT2D eigenvalue weighted by Crippen LogP contribution is -2.08. The van der Waals surface area contributed by atoms with E-state index in [4.69, 9.17) is 9.84 Å². The minimum atomic E-state index is -1.05. The molecule has 0 saturated carbocycles. The van der Waals surface area contributed by atoms with Gasteiger partial charge in [-0.25, -0.2) is 4.79 Å². The molecule has 0 heterocycles. The molecule has 0 aliphatic rings. The molecular formula is C15H14O4. The van der Waals surface area contributed by atoms with Gasteiger partial charge in [-0.3, -0.25) is 0 Å². The average molecular weight is 258 g/mol. The first kappa shape index (κ1) is 13.1. The predicted molar refractivity (Wildman–Crippen MR) is 70.5 cm³/mol. The van der Waals surface area contributed by atoms with E-state index in [-0.39, 0.29) is 5.56 Å². The second-order valence-corrected chi connectivity index (χ2v) is 4.07. The Morgan fingerprint density at radius 2 is 1.74 bits per heavy atom. The second kappa shape index (κ2) is 5.54. The molecule has 0 aliphatic carbocycles. The topological polar surface area (TPSA) is 66.8 Å². The molecule has 0 spiro atoms. The number of benzene rings is 2. The number of carbonyl (C=O) groups is 1. The SMILES string of the molecule is COc1ccc(C(O)c2ccccc2C(=O)O)cc1. The molecule has 0 bridgehead atoms. The molecule has 19 heavy (non-hydrogen) atoms. The van der Waals surface area contributed by atoms with Crippen LogP contribution >= 0.6 is 0 Å². The third kappa shape index (κ3) is 2.74. The highest BCUT2D eigenvalue weighted by atomic mass is 16.5. The summed E-state index contributed by atoms with van der Waals surface area (Å²) >= 11 is 0. The van der Waals surface area contributed by atoms with Gasteiger partial charge in [-0.2, -0.15) is 0 Å². The number of aromatic carboxylic acids is 1. The van der Waals surface area contributed by atoms with E-state index in [9.17, 15) is 9.90 Å². The zero-order valence-electron chi connectivity index (χ0n) is 10.4. The van der Waals surface area contributed by atoms with Gasteiger partial charge >= 0.3 is 5.97 Å². The highest BCUT2D eigenvalue weighted by Gasteiger charge is 2.17. The van der Waals surface area contributed by atoms with Crippen LogP contribution in [0.4, 0.5) is 0 Å². The van der Waals surface area contributed by atoms with Gasteiger partial charge in [0.2, 0.25) is 0 Å². The van der Waals surface area contributed by atoms with Crippen molar-refractivity contribution in [3.63, 3.8) is 0 Å². The first-order valence-corrected chi connectivity index (χ1v) is 5.77. The zero-order valence-corrected chi connectivity index (χ0v) is 10.4. The lowest BCUT2D eigenvalue weighted by molar-refractivity contribution is 0.0691. The van der Waals surface area contributed by atoms with Crippen LogP contribution in [-0.4, -0.2) is 23.3 Å². The maximum atomic E-state index is 11.1. The van der Waals surface area contributed by atoms with Gasteiger partial charge in [0.1, 0.15) is 11.9 Å². The number of aliphatic hydroxyl groups is 1. The van der Waals surface area contributed by atoms with Crippen LogP contribution in [0.2, 0.25) is 0 Å². The number of methoxy groups -OCH3 is 1. The number of aliphatic hydroxyl groups excluding tert-OH is 1. The molecule has 0 aliphatic heterocycles. The fourth-order valence-corrected chi connectivity index (χ4v) is 1.90. The van der Waals surface area contributed by atoms with Crippen LogP contribution < -0.4 is 4.74 Å². The Morgan fingerprint density at radius 1 is 1.11 bits per heavy atom. The van der Waals surface area contributed by atoms with Crippen LogP contribution in [0.1, 0.15) is 27.6 Å². The van der Waals surface area contributed by atoms with E-state index >= 15 is 0 Å². The molecule has 1 unspecified atom stereocenters. The van der Waals surface area contributed by atoms with Crippen LogP contribution in [0.25, 0.3) is 0 Å². The summed E-state index contributed by atoms with van der Waals surface area (Å²) in [7, 11) is 1.56. The van der Waals surface area contributed by atoms with Crippen LogP contribution in [0.15, 0.2) is 48.5 Å². The van der Waals surface area contributed by atoms with E-state index in [1.54, 1.807) is 49.6 Å². The molecule has 0 aromatic heterocycles. The van der Waals surface area contributed by atoms with Gasteiger partial charge in [-0.05, 0) is 29.3 Å². The molecule has 4 nitrogen and oxygen atoms in total. The summed E-state index contributed by atoms with van der Waals surface area (Å²) in [4.78, 5) is 11.1. The summed E-state index contributed by atoms with van der Waals surface area (Å²) in [5.41, 5.74) is 1.10. The highest BCUT2D eigenvalue weighted by molar-refractivity contribution is 5.89. The van der Waals surface area contributed by atoms with E-state index in [1.807, 2.05) is 0 Å². The third-order valence-corrected chi connectivity index (χ3v) is 2.92. The van der Waals surface area contributed by atoms with Crippen LogP contribution in [0.5, 0.6) is 5.75 Å². The number of ether oxygens (including phenoxy) is 1. The van der Waals surface area contributed by atoms with Gasteiger partial charge in [0.15, 0.2) is 0 Å². The number of carboxylic acid groups (broad SMARTS) is 1. The summed E-state index contributed by atoms with van der Waals surface area (Å²) in [6.07, 6.45) is -0.974.